The van der Waals surface area contributed by atoms with Crippen LogP contribution in [0.15, 0.2) is 54.3 Å². The van der Waals surface area contributed by atoms with Crippen LogP contribution in [0.1, 0.15) is 30.9 Å². The number of ether oxygens (including phenoxy) is 2. The van der Waals surface area contributed by atoms with Crippen LogP contribution < -0.4 is 4.74 Å². The summed E-state index contributed by atoms with van der Waals surface area (Å²) in [5.41, 5.74) is 5.04. The third-order valence-corrected chi connectivity index (χ3v) is 6.05. The molecule has 2 heterocycles. The van der Waals surface area contributed by atoms with Gasteiger partial charge in [-0.2, -0.15) is 0 Å². The van der Waals surface area contributed by atoms with E-state index in [0.717, 1.165) is 64.4 Å². The monoisotopic (exact) mass is 414 g/mol. The van der Waals surface area contributed by atoms with Gasteiger partial charge in [-0.3, -0.25) is 4.57 Å². The van der Waals surface area contributed by atoms with E-state index in [4.69, 9.17) is 9.47 Å². The van der Waals surface area contributed by atoms with Crippen molar-refractivity contribution in [3.63, 3.8) is 0 Å². The van der Waals surface area contributed by atoms with Crippen LogP contribution in [-0.2, 0) is 22.3 Å². The van der Waals surface area contributed by atoms with Crippen LogP contribution in [0.2, 0.25) is 0 Å². The van der Waals surface area contributed by atoms with Crippen LogP contribution in [0.3, 0.4) is 0 Å². The summed E-state index contributed by atoms with van der Waals surface area (Å²) < 4.78 is 24.3. The number of rotatable bonds is 9. The van der Waals surface area contributed by atoms with Crippen molar-refractivity contribution in [2.24, 2.45) is 0 Å². The van der Waals surface area contributed by atoms with Gasteiger partial charge in [0.2, 0.25) is 8.61 Å². The van der Waals surface area contributed by atoms with E-state index >= 15 is 0 Å². The minimum Gasteiger partial charge on any atom is -0.494 e. The molecule has 3 rings (SSSR count). The number of fused-ring (bicyclic) bond motifs is 1. The molecule has 1 aromatic carbocycles. The van der Waals surface area contributed by atoms with Crippen LogP contribution in [0.5, 0.6) is 5.75 Å². The molecule has 1 saturated heterocycles. The van der Waals surface area contributed by atoms with Gasteiger partial charge in [-0.1, -0.05) is 24.8 Å². The summed E-state index contributed by atoms with van der Waals surface area (Å²) in [6.07, 6.45) is 9.08. The van der Waals surface area contributed by atoms with Crippen molar-refractivity contribution in [2.45, 2.75) is 32.7 Å². The molecular formula is C23H31N2O3P. The maximum absolute atomic E-state index is 11.0. The predicted octanol–water partition coefficient (Wildman–Crippen LogP) is 4.76. The van der Waals surface area contributed by atoms with E-state index in [1.165, 1.54) is 22.4 Å². The maximum Gasteiger partial charge on any atom is 0.249 e. The van der Waals surface area contributed by atoms with Crippen LogP contribution in [0.4, 0.5) is 0 Å². The fourth-order valence-corrected chi connectivity index (χ4v) is 4.03. The predicted molar refractivity (Wildman–Crippen MR) is 117 cm³/mol. The van der Waals surface area contributed by atoms with Crippen LogP contribution in [0, 0.1) is 0 Å². The smallest absolute Gasteiger partial charge is 0.249 e. The van der Waals surface area contributed by atoms with Gasteiger partial charge in [0.05, 0.1) is 19.8 Å². The lowest BCUT2D eigenvalue weighted by Gasteiger charge is -2.29. The lowest BCUT2D eigenvalue weighted by Crippen LogP contribution is -2.34. The van der Waals surface area contributed by atoms with Gasteiger partial charge in [0, 0.05) is 31.9 Å². The zero-order valence-electron chi connectivity index (χ0n) is 17.3. The summed E-state index contributed by atoms with van der Waals surface area (Å²) >= 11 is 0. The Morgan fingerprint density at radius 3 is 2.83 bits per heavy atom. The van der Waals surface area contributed by atoms with Crippen molar-refractivity contribution in [3.05, 3.63) is 65.4 Å². The summed E-state index contributed by atoms with van der Waals surface area (Å²) in [5, 5.41) is 0. The van der Waals surface area contributed by atoms with Gasteiger partial charge in [0.15, 0.2) is 0 Å². The highest BCUT2D eigenvalue weighted by atomic mass is 31.1. The molecule has 0 N–H and O–H groups in total. The molecule has 2 aliphatic heterocycles. The Bertz CT molecular complexity index is 769. The number of allylic oxidation sites excluding steroid dienone is 5. The van der Waals surface area contributed by atoms with Crippen LogP contribution >= 0.6 is 8.61 Å². The molecule has 0 amide bonds. The minimum atomic E-state index is 0.107. The van der Waals surface area contributed by atoms with E-state index < -0.39 is 0 Å². The molecule has 6 heteroatoms. The first-order chi connectivity index (χ1) is 14.2. The molecule has 0 saturated carbocycles. The topological polar surface area (TPSA) is 42.0 Å². The van der Waals surface area contributed by atoms with Gasteiger partial charge in [-0.25, -0.2) is 4.67 Å². The molecule has 2 aliphatic rings. The molecule has 1 aromatic rings. The lowest BCUT2D eigenvalue weighted by atomic mass is 10.0. The van der Waals surface area contributed by atoms with E-state index in [2.05, 4.69) is 42.7 Å². The molecule has 0 bridgehead atoms. The van der Waals surface area contributed by atoms with E-state index in [1.807, 2.05) is 16.8 Å². The summed E-state index contributed by atoms with van der Waals surface area (Å²) in [4.78, 5) is 2.36. The fraction of sp³-hybridized carbons (Fsp3) is 0.478. The molecule has 1 fully saturated rings. The van der Waals surface area contributed by atoms with Crippen molar-refractivity contribution in [2.75, 3.05) is 39.5 Å². The minimum absolute atomic E-state index is 0.107. The summed E-state index contributed by atoms with van der Waals surface area (Å²) in [6.45, 7) is 11.9. The number of benzene rings is 1. The number of hydrogen-bond donors (Lipinski definition) is 0. The van der Waals surface area contributed by atoms with Gasteiger partial charge < -0.3 is 14.4 Å². The average molecular weight is 414 g/mol. The fourth-order valence-electron chi connectivity index (χ4n) is 3.64. The van der Waals surface area contributed by atoms with Crippen molar-refractivity contribution >= 4 is 8.61 Å². The maximum atomic E-state index is 11.0. The largest absolute Gasteiger partial charge is 0.494 e. The normalized spacial score (nSPS) is 18.6. The second-order valence-electron chi connectivity index (χ2n) is 7.46. The Morgan fingerprint density at radius 1 is 1.24 bits per heavy atom. The second kappa shape index (κ2) is 11.3. The Kier molecular flexibility index (Phi) is 8.48. The highest BCUT2D eigenvalue weighted by Gasteiger charge is 2.16. The SMILES string of the molecule is C=C/C(=C\C=C(/C)N1CCOCC1)CCCOc1ccc2c(c1)CCN(P=O)C2. The van der Waals surface area contributed by atoms with Gasteiger partial charge in [0.25, 0.3) is 0 Å². The number of nitrogens with zero attached hydrogens (tertiary/aromatic N) is 2. The van der Waals surface area contributed by atoms with Gasteiger partial charge in [0.1, 0.15) is 5.75 Å². The second-order valence-corrected chi connectivity index (χ2v) is 8.18. The molecule has 5 nitrogen and oxygen atoms in total. The quantitative estimate of drug-likeness (QED) is 0.331. The van der Waals surface area contributed by atoms with Crippen LogP contribution in [-0.4, -0.2) is 49.0 Å². The molecule has 0 aromatic heterocycles. The van der Waals surface area contributed by atoms with Crippen molar-refractivity contribution in [1.29, 1.82) is 0 Å². The Morgan fingerprint density at radius 2 is 2.07 bits per heavy atom. The lowest BCUT2D eigenvalue weighted by molar-refractivity contribution is 0.0537. The van der Waals surface area contributed by atoms with Crippen LogP contribution in [0.25, 0.3) is 0 Å². The molecule has 0 radical (unpaired) electrons. The molecule has 0 unspecified atom stereocenters. The van der Waals surface area contributed by atoms with Crippen molar-refractivity contribution in [3.8, 4) is 5.75 Å². The standard InChI is InChI=1S/C23H31N2O3P/c1-3-20(7-6-19(2)24-12-15-27-16-13-24)5-4-14-28-23-9-8-22-18-25(29-26)11-10-21(22)17-23/h3,6-9,17H,1,4-5,10-16,18H2,2H3/b19-6+,20-7+. The Hall–Kier alpha value is -1.94. The molecular weight excluding hydrogens is 383 g/mol. The van der Waals surface area contributed by atoms with Gasteiger partial charge in [-0.15, -0.1) is 0 Å². The molecule has 0 atom stereocenters. The zero-order valence-corrected chi connectivity index (χ0v) is 18.2. The Balaban J connectivity index is 1.45. The van der Waals surface area contributed by atoms with Crippen molar-refractivity contribution < 1.29 is 14.0 Å². The highest BCUT2D eigenvalue weighted by molar-refractivity contribution is 7.20. The first-order valence-electron chi connectivity index (χ1n) is 10.3. The number of morpholine rings is 1. The Labute approximate surface area is 175 Å². The zero-order chi connectivity index (χ0) is 20.5. The molecule has 156 valence electrons. The van der Waals surface area contributed by atoms with Crippen molar-refractivity contribution in [1.82, 2.24) is 9.57 Å². The molecule has 0 aliphatic carbocycles. The van der Waals surface area contributed by atoms with Gasteiger partial charge >= 0.3 is 0 Å². The van der Waals surface area contributed by atoms with E-state index in [-0.39, 0.29) is 8.61 Å². The summed E-state index contributed by atoms with van der Waals surface area (Å²) in [6, 6.07) is 6.24. The number of hydrogen-bond acceptors (Lipinski definition) is 4. The third-order valence-electron chi connectivity index (χ3n) is 5.47. The first kappa shape index (κ1) is 21.8. The molecule has 0 spiro atoms. The molecule has 29 heavy (non-hydrogen) atoms. The van der Waals surface area contributed by atoms with E-state index in [9.17, 15) is 4.57 Å². The first-order valence-corrected chi connectivity index (χ1v) is 11.1. The van der Waals surface area contributed by atoms with E-state index in [0.29, 0.717) is 6.61 Å². The van der Waals surface area contributed by atoms with Gasteiger partial charge in [-0.05, 0) is 61.1 Å². The highest BCUT2D eigenvalue weighted by Crippen LogP contribution is 2.26. The summed E-state index contributed by atoms with van der Waals surface area (Å²) in [5.74, 6) is 0.920. The summed E-state index contributed by atoms with van der Waals surface area (Å²) in [7, 11) is 0.107. The average Bonchev–Trinajstić information content (AvgIpc) is 2.78. The third kappa shape index (κ3) is 6.53. The van der Waals surface area contributed by atoms with E-state index in [1.54, 1.807) is 0 Å².